The summed E-state index contributed by atoms with van der Waals surface area (Å²) in [6.07, 6.45) is 0.153. The van der Waals surface area contributed by atoms with E-state index in [2.05, 4.69) is 0 Å². The first-order valence-corrected chi connectivity index (χ1v) is 11.5. The Morgan fingerprint density at radius 3 is 2.42 bits per heavy atom. The van der Waals surface area contributed by atoms with Gasteiger partial charge in [-0.2, -0.15) is 4.31 Å². The van der Waals surface area contributed by atoms with Crippen molar-refractivity contribution in [1.29, 1.82) is 0 Å². The summed E-state index contributed by atoms with van der Waals surface area (Å²) in [5.41, 5.74) is 0.650. The summed E-state index contributed by atoms with van der Waals surface area (Å²) in [7, 11) is -7.46. The molecular weight excluding hydrogens is 401 g/mol. The predicted molar refractivity (Wildman–Crippen MR) is 97.8 cm³/mol. The largest absolute Gasteiger partial charge is 0.243 e. The van der Waals surface area contributed by atoms with Crippen LogP contribution in [0.3, 0.4) is 0 Å². The lowest BCUT2D eigenvalue weighted by atomic mass is 10.1. The summed E-state index contributed by atoms with van der Waals surface area (Å²) in [5.74, 6) is -0.992. The molecule has 2 aromatic rings. The minimum absolute atomic E-state index is 0.0517. The first kappa shape index (κ1) is 19.3. The molecule has 140 valence electrons. The van der Waals surface area contributed by atoms with Gasteiger partial charge in [-0.25, -0.2) is 21.2 Å². The Bertz CT molecular complexity index is 1010. The molecule has 0 amide bonds. The van der Waals surface area contributed by atoms with Crippen molar-refractivity contribution in [1.82, 2.24) is 4.31 Å². The maximum atomic E-state index is 13.3. The van der Waals surface area contributed by atoms with Crippen LogP contribution in [0.5, 0.6) is 0 Å². The maximum absolute atomic E-state index is 13.3. The number of rotatable bonds is 3. The Morgan fingerprint density at radius 2 is 1.77 bits per heavy atom. The van der Waals surface area contributed by atoms with Crippen LogP contribution in [0.1, 0.15) is 17.2 Å². The minimum atomic E-state index is -3.96. The molecule has 3 rings (SSSR count). The highest BCUT2D eigenvalue weighted by Gasteiger charge is 2.35. The molecule has 1 heterocycles. The molecule has 9 heteroatoms. The van der Waals surface area contributed by atoms with Crippen LogP contribution in [0.15, 0.2) is 53.4 Å². The van der Waals surface area contributed by atoms with E-state index in [0.717, 1.165) is 22.5 Å². The summed E-state index contributed by atoms with van der Waals surface area (Å²) in [5, 5.41) is -1.05. The van der Waals surface area contributed by atoms with E-state index in [-0.39, 0.29) is 35.2 Å². The van der Waals surface area contributed by atoms with Gasteiger partial charge in [0.1, 0.15) is 5.82 Å². The number of hydrogen-bond donors (Lipinski definition) is 0. The summed E-state index contributed by atoms with van der Waals surface area (Å²) >= 11 is 5.69. The van der Waals surface area contributed by atoms with Gasteiger partial charge in [-0.05, 0) is 30.2 Å². The zero-order chi connectivity index (χ0) is 18.9. The highest BCUT2D eigenvalue weighted by molar-refractivity contribution is 7.92. The summed E-state index contributed by atoms with van der Waals surface area (Å²) in [6, 6.07) is 11.9. The molecule has 0 N–H and O–H groups in total. The summed E-state index contributed by atoms with van der Waals surface area (Å²) < 4.78 is 65.3. The fraction of sp³-hybridized carbons (Fsp3) is 0.294. The number of sulfonamides is 1. The van der Waals surface area contributed by atoms with Crippen molar-refractivity contribution in [2.75, 3.05) is 18.8 Å². The molecule has 0 aromatic heterocycles. The number of sulfone groups is 1. The molecule has 1 atom stereocenters. The molecule has 0 spiro atoms. The van der Waals surface area contributed by atoms with Gasteiger partial charge < -0.3 is 0 Å². The standard InChI is InChI=1S/C17H17ClFNO4S2/c18-15-12-14(6-7-16(15)19)26(23,24)20-9-8-17(25(21,22)11-10-20)13-4-2-1-3-5-13/h1-7,12,17H,8-11H2. The van der Waals surface area contributed by atoms with Crippen molar-refractivity contribution in [2.45, 2.75) is 16.6 Å². The fourth-order valence-corrected chi connectivity index (χ4v) is 6.63. The predicted octanol–water partition coefficient (Wildman–Crippen LogP) is 3.03. The molecule has 0 saturated carbocycles. The Morgan fingerprint density at radius 1 is 1.08 bits per heavy atom. The zero-order valence-corrected chi connectivity index (χ0v) is 16.1. The van der Waals surface area contributed by atoms with Crippen molar-refractivity contribution in [2.24, 2.45) is 0 Å². The van der Waals surface area contributed by atoms with Gasteiger partial charge in [-0.15, -0.1) is 0 Å². The van der Waals surface area contributed by atoms with Crippen molar-refractivity contribution in [3.05, 3.63) is 64.9 Å². The quantitative estimate of drug-likeness (QED) is 0.769. The molecule has 26 heavy (non-hydrogen) atoms. The fourth-order valence-electron chi connectivity index (χ4n) is 2.99. The molecule has 0 aliphatic carbocycles. The van der Waals surface area contributed by atoms with Crippen LogP contribution in [-0.4, -0.2) is 40.0 Å². The average Bonchev–Trinajstić information content (AvgIpc) is 2.76. The van der Waals surface area contributed by atoms with Gasteiger partial charge in [0.05, 0.1) is 20.9 Å². The van der Waals surface area contributed by atoms with Gasteiger partial charge >= 0.3 is 0 Å². The Balaban J connectivity index is 1.91. The van der Waals surface area contributed by atoms with Crippen LogP contribution in [0.25, 0.3) is 0 Å². The normalized spacial score (nSPS) is 21.2. The molecule has 0 radical (unpaired) electrons. The van der Waals surface area contributed by atoms with E-state index in [1.54, 1.807) is 30.3 Å². The van der Waals surface area contributed by atoms with Crippen LogP contribution in [0.4, 0.5) is 4.39 Å². The van der Waals surface area contributed by atoms with E-state index in [1.807, 2.05) is 0 Å². The van der Waals surface area contributed by atoms with Gasteiger partial charge in [0.2, 0.25) is 10.0 Å². The molecule has 1 unspecified atom stereocenters. The second-order valence-corrected chi connectivity index (χ2v) is 10.7. The van der Waals surface area contributed by atoms with Gasteiger partial charge in [-0.1, -0.05) is 41.9 Å². The third-order valence-corrected chi connectivity index (χ3v) is 8.71. The van der Waals surface area contributed by atoms with E-state index < -0.39 is 30.9 Å². The smallest absolute Gasteiger partial charge is 0.228 e. The lowest BCUT2D eigenvalue weighted by Crippen LogP contribution is -2.33. The molecule has 1 saturated heterocycles. The van der Waals surface area contributed by atoms with Gasteiger partial charge in [0.15, 0.2) is 9.84 Å². The third kappa shape index (κ3) is 3.78. The van der Waals surface area contributed by atoms with E-state index in [4.69, 9.17) is 11.6 Å². The second-order valence-electron chi connectivity index (χ2n) is 6.03. The molecule has 1 aliphatic rings. The molecular formula is C17H17ClFNO4S2. The minimum Gasteiger partial charge on any atom is -0.228 e. The van der Waals surface area contributed by atoms with Crippen molar-refractivity contribution < 1.29 is 21.2 Å². The molecule has 5 nitrogen and oxygen atoms in total. The van der Waals surface area contributed by atoms with Gasteiger partial charge in [-0.3, -0.25) is 0 Å². The number of nitrogens with zero attached hydrogens (tertiary/aromatic N) is 1. The lowest BCUT2D eigenvalue weighted by molar-refractivity contribution is 0.428. The van der Waals surface area contributed by atoms with Crippen LogP contribution >= 0.6 is 11.6 Å². The summed E-state index contributed by atoms with van der Waals surface area (Å²) in [4.78, 5) is -0.153. The topological polar surface area (TPSA) is 71.5 Å². The van der Waals surface area contributed by atoms with Crippen LogP contribution in [0.2, 0.25) is 5.02 Å². The van der Waals surface area contributed by atoms with E-state index in [0.29, 0.717) is 5.56 Å². The molecule has 1 aliphatic heterocycles. The SMILES string of the molecule is O=S1(=O)CCN(S(=O)(=O)c2ccc(F)c(Cl)c2)CCC1c1ccccc1. The third-order valence-electron chi connectivity index (χ3n) is 4.40. The molecule has 1 fully saturated rings. The van der Waals surface area contributed by atoms with E-state index >= 15 is 0 Å². The van der Waals surface area contributed by atoms with Gasteiger partial charge in [0.25, 0.3) is 0 Å². The number of halogens is 2. The molecule has 0 bridgehead atoms. The average molecular weight is 418 g/mol. The zero-order valence-electron chi connectivity index (χ0n) is 13.7. The Kier molecular flexibility index (Phi) is 5.39. The van der Waals surface area contributed by atoms with Crippen LogP contribution in [-0.2, 0) is 19.9 Å². The van der Waals surface area contributed by atoms with Crippen LogP contribution < -0.4 is 0 Å². The van der Waals surface area contributed by atoms with Crippen molar-refractivity contribution in [3.63, 3.8) is 0 Å². The van der Waals surface area contributed by atoms with Crippen LogP contribution in [0, 0.1) is 5.82 Å². The number of hydrogen-bond acceptors (Lipinski definition) is 4. The Labute approximate surface area is 157 Å². The first-order chi connectivity index (χ1) is 12.2. The monoisotopic (exact) mass is 417 g/mol. The van der Waals surface area contributed by atoms with E-state index in [1.165, 1.54) is 0 Å². The van der Waals surface area contributed by atoms with Crippen molar-refractivity contribution >= 4 is 31.5 Å². The van der Waals surface area contributed by atoms with E-state index in [9.17, 15) is 21.2 Å². The maximum Gasteiger partial charge on any atom is 0.243 e. The van der Waals surface area contributed by atoms with Gasteiger partial charge in [0, 0.05) is 13.1 Å². The second kappa shape index (κ2) is 7.26. The highest BCUT2D eigenvalue weighted by atomic mass is 35.5. The number of benzene rings is 2. The first-order valence-electron chi connectivity index (χ1n) is 7.93. The highest BCUT2D eigenvalue weighted by Crippen LogP contribution is 2.31. The molecule has 2 aromatic carbocycles. The Hall–Kier alpha value is -1.48. The van der Waals surface area contributed by atoms with Crippen molar-refractivity contribution in [3.8, 4) is 0 Å². The lowest BCUT2D eigenvalue weighted by Gasteiger charge is -2.20. The summed E-state index contributed by atoms with van der Waals surface area (Å²) in [6.45, 7) is -0.0981.